The third-order valence-electron chi connectivity index (χ3n) is 3.19. The average Bonchev–Trinajstić information content (AvgIpc) is 2.50. The van der Waals surface area contributed by atoms with Crippen LogP contribution in [0, 0.1) is 0 Å². The number of nitrogens with two attached hydrogens (primary N) is 1. The van der Waals surface area contributed by atoms with Gasteiger partial charge in [0.15, 0.2) is 0 Å². The fourth-order valence-electron chi connectivity index (χ4n) is 2.00. The van der Waals surface area contributed by atoms with Crippen molar-refractivity contribution in [1.29, 1.82) is 0 Å². The van der Waals surface area contributed by atoms with Crippen LogP contribution in [0.5, 0.6) is 5.75 Å². The highest BCUT2D eigenvalue weighted by atomic mass is 16.6. The summed E-state index contributed by atoms with van der Waals surface area (Å²) in [6, 6.07) is 5.50. The number of aromatic hydroxyl groups is 1. The van der Waals surface area contributed by atoms with Gasteiger partial charge in [-0.2, -0.15) is 0 Å². The van der Waals surface area contributed by atoms with Crippen molar-refractivity contribution >= 4 is 12.1 Å². The van der Waals surface area contributed by atoms with Gasteiger partial charge in [0.05, 0.1) is 13.2 Å². The summed E-state index contributed by atoms with van der Waals surface area (Å²) >= 11 is 0. The summed E-state index contributed by atoms with van der Waals surface area (Å²) in [5, 5.41) is 11.2. The second kappa shape index (κ2) is 7.74. The molecule has 4 N–H and O–H groups in total. The molecular formula is C14H19N3O5. The Kier molecular flexibility index (Phi) is 5.70. The number of benzene rings is 1. The fourth-order valence-corrected chi connectivity index (χ4v) is 2.00. The number of nitrogens with zero attached hydrogens (tertiary/aromatic N) is 1. The van der Waals surface area contributed by atoms with E-state index < -0.39 is 18.1 Å². The van der Waals surface area contributed by atoms with Crippen LogP contribution in [0.3, 0.4) is 0 Å². The number of hydrazine groups is 1. The molecule has 1 fully saturated rings. The Morgan fingerprint density at radius 3 is 2.73 bits per heavy atom. The zero-order valence-corrected chi connectivity index (χ0v) is 12.0. The maximum absolute atomic E-state index is 11.8. The van der Waals surface area contributed by atoms with Crippen molar-refractivity contribution in [2.45, 2.75) is 12.5 Å². The minimum atomic E-state index is -1.04. The molecule has 1 heterocycles. The molecule has 8 nitrogen and oxygen atoms in total. The first-order valence-electron chi connectivity index (χ1n) is 6.93. The van der Waals surface area contributed by atoms with E-state index in [0.717, 1.165) is 0 Å². The zero-order chi connectivity index (χ0) is 15.9. The van der Waals surface area contributed by atoms with Crippen molar-refractivity contribution in [2.24, 2.45) is 5.73 Å². The van der Waals surface area contributed by atoms with Gasteiger partial charge in [-0.25, -0.2) is 14.6 Å². The van der Waals surface area contributed by atoms with Crippen molar-refractivity contribution < 1.29 is 24.2 Å². The minimum absolute atomic E-state index is 0.0449. The van der Waals surface area contributed by atoms with E-state index in [1.807, 2.05) is 0 Å². The lowest BCUT2D eigenvalue weighted by Crippen LogP contribution is -2.49. The molecule has 120 valence electrons. The Morgan fingerprint density at radius 2 is 2.05 bits per heavy atom. The fraction of sp³-hybridized carbons (Fsp3) is 0.429. The number of esters is 1. The van der Waals surface area contributed by atoms with E-state index in [9.17, 15) is 14.7 Å². The molecule has 0 aromatic heterocycles. The molecule has 1 saturated heterocycles. The van der Waals surface area contributed by atoms with Crippen molar-refractivity contribution in [3.05, 3.63) is 29.8 Å². The molecular weight excluding hydrogens is 290 g/mol. The molecule has 1 amide bonds. The van der Waals surface area contributed by atoms with Gasteiger partial charge in [0.1, 0.15) is 11.8 Å². The Hall–Kier alpha value is -2.16. The van der Waals surface area contributed by atoms with E-state index in [4.69, 9.17) is 10.5 Å². The largest absolute Gasteiger partial charge is 0.508 e. The molecule has 0 radical (unpaired) electrons. The number of phenolic OH excluding ortho intramolecular Hbond substituents is 1. The quantitative estimate of drug-likeness (QED) is 0.519. The van der Waals surface area contributed by atoms with Crippen molar-refractivity contribution in [3.63, 3.8) is 0 Å². The van der Waals surface area contributed by atoms with Gasteiger partial charge in [-0.3, -0.25) is 5.43 Å². The molecule has 1 aliphatic heterocycles. The summed E-state index contributed by atoms with van der Waals surface area (Å²) in [4.78, 5) is 23.4. The van der Waals surface area contributed by atoms with Crippen LogP contribution >= 0.6 is 0 Å². The van der Waals surface area contributed by atoms with Crippen molar-refractivity contribution in [1.82, 2.24) is 10.4 Å². The third-order valence-corrected chi connectivity index (χ3v) is 3.19. The van der Waals surface area contributed by atoms with Crippen LogP contribution in [0.25, 0.3) is 0 Å². The molecule has 1 unspecified atom stereocenters. The van der Waals surface area contributed by atoms with E-state index in [0.29, 0.717) is 31.9 Å². The summed E-state index contributed by atoms with van der Waals surface area (Å²) in [6.07, 6.45) is -0.796. The highest BCUT2D eigenvalue weighted by molar-refractivity contribution is 5.87. The van der Waals surface area contributed by atoms with Crippen LogP contribution in [0.15, 0.2) is 24.3 Å². The first-order valence-corrected chi connectivity index (χ1v) is 6.93. The molecule has 0 aliphatic carbocycles. The lowest BCUT2D eigenvalue weighted by molar-refractivity contribution is -0.139. The Morgan fingerprint density at radius 1 is 1.36 bits per heavy atom. The monoisotopic (exact) mass is 309 g/mol. The van der Waals surface area contributed by atoms with Crippen LogP contribution in [-0.4, -0.2) is 54.5 Å². The summed E-state index contributed by atoms with van der Waals surface area (Å²) in [6.45, 7) is 2.04. The molecule has 1 aromatic carbocycles. The topological polar surface area (TPSA) is 114 Å². The minimum Gasteiger partial charge on any atom is -0.508 e. The predicted octanol–water partition coefficient (Wildman–Crippen LogP) is -0.238. The smallest absolute Gasteiger partial charge is 0.429 e. The summed E-state index contributed by atoms with van der Waals surface area (Å²) in [7, 11) is 0. The van der Waals surface area contributed by atoms with Crippen LogP contribution < -0.4 is 11.2 Å². The number of hydrogen-bond acceptors (Lipinski definition) is 7. The standard InChI is InChI=1S/C14H19N3O5/c15-11(9-10-3-1-2-4-12(10)18)13(19)22-14(20)16-17-5-7-21-8-6-17/h1-4,11,18H,5-9,15H2,(H,16,20). The molecule has 0 spiro atoms. The lowest BCUT2D eigenvalue weighted by atomic mass is 10.1. The van der Waals surface area contributed by atoms with Crippen molar-refractivity contribution in [3.8, 4) is 5.75 Å². The number of para-hydroxylation sites is 1. The molecule has 1 aliphatic rings. The van der Waals surface area contributed by atoms with Gasteiger partial charge in [0.25, 0.3) is 0 Å². The predicted molar refractivity (Wildman–Crippen MR) is 76.8 cm³/mol. The number of morpholine rings is 1. The van der Waals surface area contributed by atoms with Crippen LogP contribution in [0.4, 0.5) is 4.79 Å². The van der Waals surface area contributed by atoms with Crippen LogP contribution in [0.2, 0.25) is 0 Å². The number of carbonyl (C=O) groups excluding carboxylic acids is 2. The second-order valence-electron chi connectivity index (χ2n) is 4.86. The van der Waals surface area contributed by atoms with Crippen LogP contribution in [-0.2, 0) is 20.7 Å². The highest BCUT2D eigenvalue weighted by Crippen LogP contribution is 2.17. The Labute approximate surface area is 127 Å². The van der Waals surface area contributed by atoms with Gasteiger partial charge >= 0.3 is 12.1 Å². The van der Waals surface area contributed by atoms with Gasteiger partial charge in [0, 0.05) is 19.5 Å². The number of ether oxygens (including phenoxy) is 2. The number of carbonyl (C=O) groups is 2. The summed E-state index contributed by atoms with van der Waals surface area (Å²) in [5.41, 5.74) is 8.66. The first-order chi connectivity index (χ1) is 10.6. The molecule has 8 heteroatoms. The van der Waals surface area contributed by atoms with Crippen molar-refractivity contribution in [2.75, 3.05) is 26.3 Å². The number of phenols is 1. The number of rotatable bonds is 4. The molecule has 22 heavy (non-hydrogen) atoms. The van der Waals surface area contributed by atoms with Gasteiger partial charge < -0.3 is 20.3 Å². The Balaban J connectivity index is 1.80. The molecule has 1 aromatic rings. The van der Waals surface area contributed by atoms with Gasteiger partial charge in [0.2, 0.25) is 0 Å². The van der Waals surface area contributed by atoms with Crippen LogP contribution in [0.1, 0.15) is 5.56 Å². The van der Waals surface area contributed by atoms with Gasteiger partial charge in [-0.15, -0.1) is 0 Å². The first kappa shape index (κ1) is 16.2. The second-order valence-corrected chi connectivity index (χ2v) is 4.86. The van der Waals surface area contributed by atoms with Gasteiger partial charge in [-0.1, -0.05) is 18.2 Å². The number of nitrogens with one attached hydrogen (secondary N) is 1. The maximum Gasteiger partial charge on any atom is 0.429 e. The molecule has 2 rings (SSSR count). The van der Waals surface area contributed by atoms with Gasteiger partial charge in [-0.05, 0) is 11.6 Å². The van der Waals surface area contributed by atoms with E-state index in [2.05, 4.69) is 10.2 Å². The summed E-state index contributed by atoms with van der Waals surface area (Å²) in [5.74, 6) is -0.808. The number of amides is 1. The lowest BCUT2D eigenvalue weighted by Gasteiger charge is -2.26. The van der Waals surface area contributed by atoms with E-state index in [1.54, 1.807) is 23.2 Å². The normalized spacial score (nSPS) is 16.8. The van der Waals surface area contributed by atoms with E-state index >= 15 is 0 Å². The molecule has 0 bridgehead atoms. The number of hydrogen-bond donors (Lipinski definition) is 3. The third kappa shape index (κ3) is 4.69. The molecule has 1 atom stereocenters. The summed E-state index contributed by atoms with van der Waals surface area (Å²) < 4.78 is 9.78. The van der Waals surface area contributed by atoms with E-state index in [-0.39, 0.29) is 12.2 Å². The van der Waals surface area contributed by atoms with E-state index in [1.165, 1.54) is 6.07 Å². The zero-order valence-electron chi connectivity index (χ0n) is 12.0. The maximum atomic E-state index is 11.8. The SMILES string of the molecule is NC(Cc1ccccc1O)C(=O)OC(=O)NN1CCOCC1. The molecule has 0 saturated carbocycles. The Bertz CT molecular complexity index is 531. The highest BCUT2D eigenvalue weighted by Gasteiger charge is 2.22. The average molecular weight is 309 g/mol.